The first-order chi connectivity index (χ1) is 12.4. The number of hydrogen-bond donors (Lipinski definition) is 0. The second kappa shape index (κ2) is 6.64. The predicted octanol–water partition coefficient (Wildman–Crippen LogP) is 2.76. The van der Waals surface area contributed by atoms with Crippen molar-refractivity contribution >= 4 is 5.91 Å². The number of halogens is 3. The quantitative estimate of drug-likeness (QED) is 0.821. The molecule has 0 aromatic heterocycles. The first kappa shape index (κ1) is 17.5. The van der Waals surface area contributed by atoms with Gasteiger partial charge in [-0.2, -0.15) is 13.2 Å². The number of nitrogens with zero attached hydrogens (tertiary/aromatic N) is 2. The number of rotatable bonds is 3. The van der Waals surface area contributed by atoms with E-state index in [9.17, 15) is 18.0 Å². The maximum Gasteiger partial charge on any atom is 0.406 e. The van der Waals surface area contributed by atoms with Crippen LogP contribution in [-0.2, 0) is 4.79 Å². The summed E-state index contributed by atoms with van der Waals surface area (Å²) in [6.07, 6.45) is -2.12. The number of benzene rings is 1. The van der Waals surface area contributed by atoms with Gasteiger partial charge in [-0.15, -0.1) is 0 Å². The topological polar surface area (TPSA) is 42.0 Å². The molecule has 3 aliphatic rings. The Balaban J connectivity index is 1.51. The number of ether oxygens (including phenoxy) is 2. The van der Waals surface area contributed by atoms with Crippen molar-refractivity contribution in [1.82, 2.24) is 9.80 Å². The van der Waals surface area contributed by atoms with E-state index >= 15 is 0 Å². The van der Waals surface area contributed by atoms with Crippen molar-refractivity contribution in [2.24, 2.45) is 0 Å². The summed E-state index contributed by atoms with van der Waals surface area (Å²) in [5, 5.41) is 0. The number of likely N-dealkylation sites (tertiary alicyclic amines) is 2. The van der Waals surface area contributed by atoms with Crippen molar-refractivity contribution in [3.8, 4) is 11.5 Å². The Morgan fingerprint density at radius 2 is 1.81 bits per heavy atom. The first-order valence-electron chi connectivity index (χ1n) is 8.93. The minimum Gasteiger partial charge on any atom is -0.486 e. The second-order valence-corrected chi connectivity index (χ2v) is 6.98. The van der Waals surface area contributed by atoms with E-state index in [-0.39, 0.29) is 12.6 Å². The van der Waals surface area contributed by atoms with Crippen LogP contribution in [0, 0.1) is 0 Å². The van der Waals surface area contributed by atoms with E-state index in [0.29, 0.717) is 31.1 Å². The molecular weight excluding hydrogens is 349 g/mol. The zero-order valence-corrected chi connectivity index (χ0v) is 14.3. The zero-order chi connectivity index (χ0) is 18.3. The normalized spacial score (nSPS) is 26.6. The molecule has 2 saturated heterocycles. The lowest BCUT2D eigenvalue weighted by molar-refractivity contribution is -0.159. The van der Waals surface area contributed by atoms with E-state index in [0.717, 1.165) is 29.8 Å². The Bertz CT molecular complexity index is 695. The van der Waals surface area contributed by atoms with Crippen LogP contribution in [0.5, 0.6) is 11.5 Å². The van der Waals surface area contributed by atoms with E-state index in [1.54, 1.807) is 0 Å². The lowest BCUT2D eigenvalue weighted by Gasteiger charge is -2.30. The minimum absolute atomic E-state index is 0.0191. The molecular formula is C18H21F3N2O3. The molecule has 26 heavy (non-hydrogen) atoms. The first-order valence-corrected chi connectivity index (χ1v) is 8.93. The van der Waals surface area contributed by atoms with Gasteiger partial charge in [-0.25, -0.2) is 0 Å². The van der Waals surface area contributed by atoms with Crippen LogP contribution in [0.25, 0.3) is 0 Å². The fraction of sp³-hybridized carbons (Fsp3) is 0.611. The molecule has 3 aliphatic heterocycles. The van der Waals surface area contributed by atoms with E-state index in [4.69, 9.17) is 9.47 Å². The van der Waals surface area contributed by atoms with Crippen LogP contribution in [0.4, 0.5) is 13.2 Å². The molecule has 142 valence electrons. The van der Waals surface area contributed by atoms with Gasteiger partial charge in [0.1, 0.15) is 19.8 Å². The van der Waals surface area contributed by atoms with Crippen molar-refractivity contribution in [3.63, 3.8) is 0 Å². The highest BCUT2D eigenvalue weighted by Gasteiger charge is 2.44. The third-order valence-electron chi connectivity index (χ3n) is 5.28. The van der Waals surface area contributed by atoms with Gasteiger partial charge in [-0.3, -0.25) is 9.69 Å². The number of amides is 1. The standard InChI is InChI=1S/C18H21F3N2O3/c19-18(20,21)11-22-7-5-14(17(22)24)23-6-1-2-13(23)12-3-4-15-16(10-12)26-9-8-25-15/h3-4,10,13-14H,1-2,5-9,11H2/t13-,14-/m0/s1. The van der Waals surface area contributed by atoms with Gasteiger partial charge in [0, 0.05) is 12.6 Å². The largest absolute Gasteiger partial charge is 0.486 e. The highest BCUT2D eigenvalue weighted by Crippen LogP contribution is 2.40. The summed E-state index contributed by atoms with van der Waals surface area (Å²) in [5.41, 5.74) is 1.02. The number of alkyl halides is 3. The lowest BCUT2D eigenvalue weighted by Crippen LogP contribution is -2.43. The van der Waals surface area contributed by atoms with Crippen LogP contribution in [0.3, 0.4) is 0 Å². The number of hydrogen-bond acceptors (Lipinski definition) is 4. The van der Waals surface area contributed by atoms with Gasteiger partial charge >= 0.3 is 6.18 Å². The molecule has 1 amide bonds. The Morgan fingerprint density at radius 3 is 2.58 bits per heavy atom. The van der Waals surface area contributed by atoms with Crippen molar-refractivity contribution < 1.29 is 27.4 Å². The SMILES string of the molecule is O=C1[C@@H](N2CCC[C@H]2c2ccc3c(c2)OCCO3)CCN1CC(F)(F)F. The smallest absolute Gasteiger partial charge is 0.406 e. The summed E-state index contributed by atoms with van der Waals surface area (Å²) in [5.74, 6) is 0.988. The Hall–Kier alpha value is -1.96. The molecule has 0 bridgehead atoms. The Kier molecular flexibility index (Phi) is 4.46. The monoisotopic (exact) mass is 370 g/mol. The average molecular weight is 370 g/mol. The average Bonchev–Trinajstić information content (AvgIpc) is 3.21. The molecule has 2 atom stereocenters. The Morgan fingerprint density at radius 1 is 1.04 bits per heavy atom. The third-order valence-corrected chi connectivity index (χ3v) is 5.28. The van der Waals surface area contributed by atoms with Crippen molar-refractivity contribution in [3.05, 3.63) is 23.8 Å². The van der Waals surface area contributed by atoms with Gasteiger partial charge in [0.2, 0.25) is 5.91 Å². The predicted molar refractivity (Wildman–Crippen MR) is 87.2 cm³/mol. The van der Waals surface area contributed by atoms with Crippen molar-refractivity contribution in [2.75, 3.05) is 32.8 Å². The van der Waals surface area contributed by atoms with Gasteiger partial charge in [0.25, 0.3) is 0 Å². The molecule has 0 radical (unpaired) electrons. The summed E-state index contributed by atoms with van der Waals surface area (Å²) in [6.45, 7) is 0.736. The highest BCUT2D eigenvalue weighted by atomic mass is 19.4. The van der Waals surface area contributed by atoms with Crippen LogP contribution in [-0.4, -0.2) is 60.8 Å². The summed E-state index contributed by atoms with van der Waals surface area (Å²) < 4.78 is 49.1. The highest BCUT2D eigenvalue weighted by molar-refractivity contribution is 5.84. The maximum atomic E-state index is 12.7. The number of fused-ring (bicyclic) bond motifs is 1. The van der Waals surface area contributed by atoms with E-state index in [1.165, 1.54) is 0 Å². The van der Waals surface area contributed by atoms with Crippen LogP contribution >= 0.6 is 0 Å². The fourth-order valence-corrected chi connectivity index (χ4v) is 4.19. The van der Waals surface area contributed by atoms with Crippen LogP contribution in [0.1, 0.15) is 30.9 Å². The van der Waals surface area contributed by atoms with Gasteiger partial charge in [0.15, 0.2) is 11.5 Å². The Labute approximate surface area is 149 Å². The molecule has 0 N–H and O–H groups in total. The van der Waals surface area contributed by atoms with Gasteiger partial charge in [-0.1, -0.05) is 6.07 Å². The van der Waals surface area contributed by atoms with Crippen LogP contribution in [0.15, 0.2) is 18.2 Å². The molecule has 8 heteroatoms. The fourth-order valence-electron chi connectivity index (χ4n) is 4.19. The molecule has 5 nitrogen and oxygen atoms in total. The number of carbonyl (C=O) groups is 1. The number of carbonyl (C=O) groups excluding carboxylic acids is 1. The molecule has 0 unspecified atom stereocenters. The third kappa shape index (κ3) is 3.34. The van der Waals surface area contributed by atoms with Crippen LogP contribution < -0.4 is 9.47 Å². The summed E-state index contributed by atoms with van der Waals surface area (Å²) in [6, 6.07) is 5.31. The van der Waals surface area contributed by atoms with E-state index in [1.807, 2.05) is 18.2 Å². The van der Waals surface area contributed by atoms with Gasteiger partial charge in [-0.05, 0) is 43.5 Å². The molecule has 0 saturated carbocycles. The summed E-state index contributed by atoms with van der Waals surface area (Å²) in [7, 11) is 0. The maximum absolute atomic E-state index is 12.7. The molecule has 1 aromatic carbocycles. The molecule has 1 aromatic rings. The van der Waals surface area contributed by atoms with Crippen molar-refractivity contribution in [1.29, 1.82) is 0 Å². The zero-order valence-electron chi connectivity index (χ0n) is 14.3. The van der Waals surface area contributed by atoms with Crippen LogP contribution in [0.2, 0.25) is 0 Å². The molecule has 0 aliphatic carbocycles. The van der Waals surface area contributed by atoms with Gasteiger partial charge < -0.3 is 14.4 Å². The van der Waals surface area contributed by atoms with E-state index in [2.05, 4.69) is 4.90 Å². The second-order valence-electron chi connectivity index (χ2n) is 6.98. The van der Waals surface area contributed by atoms with Crippen molar-refractivity contribution in [2.45, 2.75) is 37.5 Å². The minimum atomic E-state index is -4.36. The van der Waals surface area contributed by atoms with Gasteiger partial charge in [0.05, 0.1) is 6.04 Å². The van der Waals surface area contributed by atoms with E-state index < -0.39 is 24.7 Å². The molecule has 0 spiro atoms. The molecule has 3 heterocycles. The summed E-state index contributed by atoms with van der Waals surface area (Å²) >= 11 is 0. The lowest BCUT2D eigenvalue weighted by atomic mass is 10.0. The summed E-state index contributed by atoms with van der Waals surface area (Å²) in [4.78, 5) is 15.5. The molecule has 2 fully saturated rings. The molecule has 4 rings (SSSR count).